The fraction of sp³-hybridized carbons (Fsp3) is 0.185. The van der Waals surface area contributed by atoms with Crippen molar-refractivity contribution in [3.8, 4) is 0 Å². The molecule has 0 aliphatic carbocycles. The lowest BCUT2D eigenvalue weighted by Crippen LogP contribution is -2.37. The minimum atomic E-state index is -4.08. The highest BCUT2D eigenvalue weighted by Gasteiger charge is 2.31. The molecule has 0 saturated carbocycles. The molecule has 214 valence electrons. The summed E-state index contributed by atoms with van der Waals surface area (Å²) in [5.74, 6) is -2.65. The maximum atomic E-state index is 14.8. The van der Waals surface area contributed by atoms with Gasteiger partial charge in [-0.05, 0) is 67.4 Å². The molecule has 1 fully saturated rings. The Morgan fingerprint density at radius 1 is 1.10 bits per heavy atom. The van der Waals surface area contributed by atoms with Gasteiger partial charge in [0.05, 0.1) is 22.4 Å². The molecule has 1 atom stereocenters. The van der Waals surface area contributed by atoms with Gasteiger partial charge in [0.15, 0.2) is 0 Å². The number of imide groups is 1. The largest absolute Gasteiger partial charge is 0.465 e. The topological polar surface area (TPSA) is 139 Å². The Labute approximate surface area is 247 Å². The van der Waals surface area contributed by atoms with Crippen molar-refractivity contribution in [1.29, 1.82) is 0 Å². The molecular formula is C27H23BrFN3O7S2. The number of ether oxygens (including phenoxy) is 1. The molecule has 0 spiro atoms. The maximum absolute atomic E-state index is 14.8. The van der Waals surface area contributed by atoms with Crippen LogP contribution in [0.5, 0.6) is 0 Å². The number of amides is 3. The van der Waals surface area contributed by atoms with E-state index in [0.29, 0.717) is 10.0 Å². The second kappa shape index (κ2) is 12.8. The molecule has 0 aromatic heterocycles. The molecular weight excluding hydrogens is 641 g/mol. The van der Waals surface area contributed by atoms with E-state index in [1.807, 2.05) is 0 Å². The average molecular weight is 665 g/mol. The molecule has 10 nitrogen and oxygen atoms in total. The highest BCUT2D eigenvalue weighted by molar-refractivity contribution is 9.10. The first-order chi connectivity index (χ1) is 19.5. The van der Waals surface area contributed by atoms with Crippen LogP contribution in [0.2, 0.25) is 0 Å². The third-order valence-electron chi connectivity index (χ3n) is 5.82. The normalized spacial score (nSPS) is 14.9. The molecule has 0 radical (unpaired) electrons. The van der Waals surface area contributed by atoms with Crippen LogP contribution in [0.4, 0.5) is 20.6 Å². The van der Waals surface area contributed by atoms with Crippen molar-refractivity contribution in [2.45, 2.75) is 23.5 Å². The van der Waals surface area contributed by atoms with Gasteiger partial charge in [-0.1, -0.05) is 45.9 Å². The zero-order valence-electron chi connectivity index (χ0n) is 21.4. The predicted octanol–water partition coefficient (Wildman–Crippen LogP) is 4.49. The Morgan fingerprint density at radius 3 is 2.46 bits per heavy atom. The molecule has 4 rings (SSSR count). The molecule has 41 heavy (non-hydrogen) atoms. The summed E-state index contributed by atoms with van der Waals surface area (Å²) >= 11 is 4.04. The van der Waals surface area contributed by atoms with Crippen LogP contribution in [0, 0.1) is 5.82 Å². The predicted molar refractivity (Wildman–Crippen MR) is 155 cm³/mol. The monoisotopic (exact) mass is 663 g/mol. The minimum Gasteiger partial charge on any atom is -0.465 e. The maximum Gasteiger partial charge on any atom is 0.326 e. The highest BCUT2D eigenvalue weighted by Crippen LogP contribution is 2.27. The van der Waals surface area contributed by atoms with Crippen LogP contribution in [0.25, 0.3) is 0 Å². The van der Waals surface area contributed by atoms with E-state index in [-0.39, 0.29) is 34.9 Å². The molecule has 3 aromatic rings. The number of nitrogens with zero attached hydrogens (tertiary/aromatic N) is 1. The van der Waals surface area contributed by atoms with Gasteiger partial charge < -0.3 is 4.74 Å². The third-order valence-corrected chi connectivity index (χ3v) is 8.69. The number of halogens is 2. The van der Waals surface area contributed by atoms with Crippen molar-refractivity contribution >= 4 is 72.1 Å². The molecule has 14 heteroatoms. The Morgan fingerprint density at radius 2 is 1.83 bits per heavy atom. The number of sulfonamides is 1. The van der Waals surface area contributed by atoms with Gasteiger partial charge in [0.25, 0.3) is 21.2 Å². The van der Waals surface area contributed by atoms with Gasteiger partial charge in [-0.3, -0.25) is 34.1 Å². The van der Waals surface area contributed by atoms with Gasteiger partial charge in [-0.25, -0.2) is 12.8 Å². The number of thioether (sulfide) groups is 1. The Hall–Kier alpha value is -3.75. The first kappa shape index (κ1) is 30.2. The van der Waals surface area contributed by atoms with E-state index in [1.54, 1.807) is 19.1 Å². The van der Waals surface area contributed by atoms with E-state index in [2.05, 4.69) is 26.0 Å². The van der Waals surface area contributed by atoms with E-state index in [1.165, 1.54) is 48.5 Å². The number of carbonyl (C=O) groups is 4. The third kappa shape index (κ3) is 7.51. The summed E-state index contributed by atoms with van der Waals surface area (Å²) in [5.41, 5.74) is 0.565. The number of esters is 1. The fourth-order valence-electron chi connectivity index (χ4n) is 3.93. The summed E-state index contributed by atoms with van der Waals surface area (Å²) in [6, 6.07) is 15.4. The summed E-state index contributed by atoms with van der Waals surface area (Å²) in [5, 5.41) is 1.20. The van der Waals surface area contributed by atoms with E-state index in [4.69, 9.17) is 4.74 Å². The molecule has 0 bridgehead atoms. The van der Waals surface area contributed by atoms with Crippen molar-refractivity contribution in [3.05, 3.63) is 88.1 Å². The molecule has 1 saturated heterocycles. The van der Waals surface area contributed by atoms with Crippen LogP contribution in [0.3, 0.4) is 0 Å². The van der Waals surface area contributed by atoms with Crippen LogP contribution in [0.15, 0.2) is 76.1 Å². The van der Waals surface area contributed by atoms with Gasteiger partial charge >= 0.3 is 5.97 Å². The standard InChI is InChI=1S/C27H23BrFN3O7S2/c1-2-39-24(33)15-32(22-11-8-18(28)14-21(22)29)26(35)17-4-3-5-19(13-17)31-41(37,38)20-9-6-16(7-10-20)12-23-25(34)30-27(36)40-23/h3-11,13-14,23,31H,2,12,15H2,1H3,(H,30,34,36). The molecule has 2 N–H and O–H groups in total. The lowest BCUT2D eigenvalue weighted by Gasteiger charge is -2.23. The summed E-state index contributed by atoms with van der Waals surface area (Å²) in [7, 11) is -4.08. The number of benzene rings is 3. The average Bonchev–Trinajstić information content (AvgIpc) is 3.23. The lowest BCUT2D eigenvalue weighted by atomic mass is 10.1. The van der Waals surface area contributed by atoms with Crippen molar-refractivity contribution in [2.75, 3.05) is 22.8 Å². The summed E-state index contributed by atoms with van der Waals surface area (Å²) in [6.45, 7) is 1.10. The van der Waals surface area contributed by atoms with Crippen molar-refractivity contribution in [2.24, 2.45) is 0 Å². The first-order valence-electron chi connectivity index (χ1n) is 12.1. The molecule has 1 aliphatic heterocycles. The lowest BCUT2D eigenvalue weighted by molar-refractivity contribution is -0.141. The fourth-order valence-corrected chi connectivity index (χ4v) is 6.18. The number of nitrogens with one attached hydrogen (secondary N) is 2. The first-order valence-corrected chi connectivity index (χ1v) is 15.3. The van der Waals surface area contributed by atoms with Crippen molar-refractivity contribution in [3.63, 3.8) is 0 Å². The van der Waals surface area contributed by atoms with Crippen LogP contribution in [-0.2, 0) is 30.8 Å². The van der Waals surface area contributed by atoms with Crippen molar-refractivity contribution in [1.82, 2.24) is 5.32 Å². The Balaban J connectivity index is 1.53. The summed E-state index contributed by atoms with van der Waals surface area (Å²) in [4.78, 5) is 49.7. The van der Waals surface area contributed by atoms with E-state index in [0.717, 1.165) is 22.7 Å². The molecule has 1 heterocycles. The second-order valence-electron chi connectivity index (χ2n) is 8.71. The van der Waals surface area contributed by atoms with Gasteiger partial charge in [0.1, 0.15) is 12.4 Å². The van der Waals surface area contributed by atoms with Gasteiger partial charge in [0.2, 0.25) is 5.91 Å². The smallest absolute Gasteiger partial charge is 0.326 e. The van der Waals surface area contributed by atoms with E-state index in [9.17, 15) is 32.0 Å². The van der Waals surface area contributed by atoms with Crippen molar-refractivity contribution < 1.29 is 36.7 Å². The van der Waals surface area contributed by atoms with Crippen LogP contribution in [-0.4, -0.2) is 49.8 Å². The second-order valence-corrected chi connectivity index (χ2v) is 12.5. The quantitative estimate of drug-likeness (QED) is 0.303. The van der Waals surface area contributed by atoms with E-state index >= 15 is 0 Å². The molecule has 3 aromatic carbocycles. The van der Waals surface area contributed by atoms with Gasteiger partial charge in [-0.15, -0.1) is 0 Å². The van der Waals surface area contributed by atoms with Crippen LogP contribution in [0.1, 0.15) is 22.8 Å². The number of hydrogen-bond donors (Lipinski definition) is 2. The Kier molecular flexibility index (Phi) is 9.46. The highest BCUT2D eigenvalue weighted by atomic mass is 79.9. The minimum absolute atomic E-state index is 0.00551. The summed E-state index contributed by atoms with van der Waals surface area (Å²) in [6.07, 6.45) is 0.251. The number of hydrogen-bond acceptors (Lipinski definition) is 8. The van der Waals surface area contributed by atoms with Gasteiger partial charge in [-0.2, -0.15) is 0 Å². The molecule has 1 unspecified atom stereocenters. The number of carbonyl (C=O) groups excluding carboxylic acids is 4. The van der Waals surface area contributed by atoms with E-state index < -0.39 is 50.7 Å². The van der Waals surface area contributed by atoms with Crippen LogP contribution >= 0.6 is 27.7 Å². The van der Waals surface area contributed by atoms with Gasteiger partial charge in [0, 0.05) is 15.7 Å². The number of rotatable bonds is 10. The molecule has 3 amide bonds. The SMILES string of the molecule is CCOC(=O)CN(C(=O)c1cccc(NS(=O)(=O)c2ccc(CC3SC(=O)NC3=O)cc2)c1)c1ccc(Br)cc1F. The zero-order chi connectivity index (χ0) is 29.7. The zero-order valence-corrected chi connectivity index (χ0v) is 24.6. The molecule has 1 aliphatic rings. The Bertz CT molecular complexity index is 1620. The summed E-state index contributed by atoms with van der Waals surface area (Å²) < 4.78 is 48.7. The number of anilines is 2. The van der Waals surface area contributed by atoms with Crippen LogP contribution < -0.4 is 14.9 Å².